The molecule has 0 aromatic heterocycles. The Morgan fingerprint density at radius 2 is 1.88 bits per heavy atom. The molecular weight excluding hydrogens is 212 g/mol. The molecule has 17 heavy (non-hydrogen) atoms. The fourth-order valence-corrected chi connectivity index (χ4v) is 2.07. The highest BCUT2D eigenvalue weighted by molar-refractivity contribution is 5.46. The molecule has 0 amide bonds. The lowest BCUT2D eigenvalue weighted by molar-refractivity contribution is 0.0136. The van der Waals surface area contributed by atoms with Crippen LogP contribution in [0.25, 0.3) is 0 Å². The van der Waals surface area contributed by atoms with Crippen LogP contribution >= 0.6 is 0 Å². The Morgan fingerprint density at radius 1 is 1.24 bits per heavy atom. The third kappa shape index (κ3) is 2.79. The van der Waals surface area contributed by atoms with Gasteiger partial charge in [-0.05, 0) is 23.6 Å². The fraction of sp³-hybridized carbons (Fsp3) is 0.571. The van der Waals surface area contributed by atoms with Crippen LogP contribution in [-0.2, 0) is 4.74 Å². The van der Waals surface area contributed by atoms with Gasteiger partial charge in [-0.15, -0.1) is 0 Å². The predicted molar refractivity (Wildman–Crippen MR) is 71.2 cm³/mol. The van der Waals surface area contributed by atoms with Gasteiger partial charge < -0.3 is 9.64 Å². The molecule has 3 nitrogen and oxygen atoms in total. The largest absolute Gasteiger partial charge is 0.378 e. The van der Waals surface area contributed by atoms with Gasteiger partial charge in [0.2, 0.25) is 0 Å². The SMILES string of the molecule is CC(C)C1NCC(c2ccc(N(C)C)cc2)O1. The van der Waals surface area contributed by atoms with E-state index >= 15 is 0 Å². The zero-order valence-corrected chi connectivity index (χ0v) is 11.1. The van der Waals surface area contributed by atoms with E-state index in [9.17, 15) is 0 Å². The average Bonchev–Trinajstić information content (AvgIpc) is 2.78. The van der Waals surface area contributed by atoms with Gasteiger partial charge in [-0.2, -0.15) is 0 Å². The average molecular weight is 234 g/mol. The van der Waals surface area contributed by atoms with Crippen LogP contribution in [0.3, 0.4) is 0 Å². The molecule has 0 bridgehead atoms. The molecule has 1 N–H and O–H groups in total. The first-order chi connectivity index (χ1) is 8.08. The zero-order valence-electron chi connectivity index (χ0n) is 11.1. The molecule has 1 saturated heterocycles. The molecule has 1 heterocycles. The second-order valence-electron chi connectivity index (χ2n) is 5.18. The Bertz CT molecular complexity index is 359. The Balaban J connectivity index is 2.04. The van der Waals surface area contributed by atoms with Crippen LogP contribution in [-0.4, -0.2) is 26.9 Å². The van der Waals surface area contributed by atoms with Gasteiger partial charge >= 0.3 is 0 Å². The molecule has 0 spiro atoms. The van der Waals surface area contributed by atoms with Gasteiger partial charge in [-0.3, -0.25) is 5.32 Å². The first kappa shape index (κ1) is 12.4. The normalized spacial score (nSPS) is 24.3. The van der Waals surface area contributed by atoms with Crippen molar-refractivity contribution in [2.75, 3.05) is 25.5 Å². The molecule has 1 aromatic rings. The van der Waals surface area contributed by atoms with Crippen LogP contribution in [0, 0.1) is 5.92 Å². The molecule has 1 fully saturated rings. The highest BCUT2D eigenvalue weighted by atomic mass is 16.5. The van der Waals surface area contributed by atoms with E-state index in [0.29, 0.717) is 5.92 Å². The molecule has 1 aromatic carbocycles. The lowest BCUT2D eigenvalue weighted by atomic mass is 10.1. The van der Waals surface area contributed by atoms with E-state index in [1.807, 2.05) is 0 Å². The number of hydrogen-bond donors (Lipinski definition) is 1. The third-order valence-corrected chi connectivity index (χ3v) is 3.20. The van der Waals surface area contributed by atoms with Crippen molar-refractivity contribution in [1.82, 2.24) is 5.32 Å². The minimum absolute atomic E-state index is 0.188. The van der Waals surface area contributed by atoms with Gasteiger partial charge in [0.15, 0.2) is 0 Å². The maximum Gasteiger partial charge on any atom is 0.111 e. The number of hydrogen-bond acceptors (Lipinski definition) is 3. The Morgan fingerprint density at radius 3 is 2.35 bits per heavy atom. The lowest BCUT2D eigenvalue weighted by Crippen LogP contribution is -2.27. The van der Waals surface area contributed by atoms with E-state index in [-0.39, 0.29) is 12.3 Å². The molecule has 1 aliphatic heterocycles. The van der Waals surface area contributed by atoms with Crippen molar-refractivity contribution in [3.05, 3.63) is 29.8 Å². The Kier molecular flexibility index (Phi) is 3.69. The number of benzene rings is 1. The molecule has 0 aliphatic carbocycles. The zero-order chi connectivity index (χ0) is 12.4. The van der Waals surface area contributed by atoms with Crippen molar-refractivity contribution in [2.45, 2.75) is 26.2 Å². The topological polar surface area (TPSA) is 24.5 Å². The van der Waals surface area contributed by atoms with Crippen molar-refractivity contribution in [3.63, 3.8) is 0 Å². The van der Waals surface area contributed by atoms with E-state index in [1.165, 1.54) is 11.3 Å². The molecule has 0 radical (unpaired) electrons. The summed E-state index contributed by atoms with van der Waals surface area (Å²) in [6.45, 7) is 5.26. The van der Waals surface area contributed by atoms with E-state index in [2.05, 4.69) is 62.4 Å². The van der Waals surface area contributed by atoms with Crippen LogP contribution in [0.2, 0.25) is 0 Å². The number of rotatable bonds is 3. The van der Waals surface area contributed by atoms with Crippen LogP contribution in [0.5, 0.6) is 0 Å². The van der Waals surface area contributed by atoms with Crippen molar-refractivity contribution in [2.24, 2.45) is 5.92 Å². The summed E-state index contributed by atoms with van der Waals surface area (Å²) in [5.41, 5.74) is 2.48. The summed E-state index contributed by atoms with van der Waals surface area (Å²) in [5.74, 6) is 0.515. The highest BCUT2D eigenvalue weighted by Crippen LogP contribution is 2.26. The van der Waals surface area contributed by atoms with E-state index in [1.54, 1.807) is 0 Å². The summed E-state index contributed by atoms with van der Waals surface area (Å²) in [6.07, 6.45) is 0.382. The van der Waals surface area contributed by atoms with Crippen molar-refractivity contribution in [1.29, 1.82) is 0 Å². The van der Waals surface area contributed by atoms with Gasteiger partial charge in [-0.25, -0.2) is 0 Å². The highest BCUT2D eigenvalue weighted by Gasteiger charge is 2.27. The van der Waals surface area contributed by atoms with Gasteiger partial charge in [0.25, 0.3) is 0 Å². The molecule has 2 atom stereocenters. The summed E-state index contributed by atoms with van der Waals surface area (Å²) in [7, 11) is 4.11. The molecule has 94 valence electrons. The molecule has 3 heteroatoms. The molecule has 0 saturated carbocycles. The van der Waals surface area contributed by atoms with Crippen LogP contribution in [0.1, 0.15) is 25.5 Å². The maximum absolute atomic E-state index is 5.98. The molecule has 2 unspecified atom stereocenters. The quantitative estimate of drug-likeness (QED) is 0.869. The molecule has 1 aliphatic rings. The smallest absolute Gasteiger partial charge is 0.111 e. The Labute approximate surface area is 104 Å². The summed E-state index contributed by atoms with van der Waals surface area (Å²) in [5, 5.41) is 3.41. The summed E-state index contributed by atoms with van der Waals surface area (Å²) >= 11 is 0. The minimum atomic E-state index is 0.188. The number of nitrogens with zero attached hydrogens (tertiary/aromatic N) is 1. The standard InChI is InChI=1S/C14H22N2O/c1-10(2)14-15-9-13(17-14)11-5-7-12(8-6-11)16(3)4/h5-8,10,13-15H,9H2,1-4H3. The summed E-state index contributed by atoms with van der Waals surface area (Å²) in [6, 6.07) is 8.59. The van der Waals surface area contributed by atoms with Gasteiger partial charge in [0.1, 0.15) is 6.23 Å². The monoisotopic (exact) mass is 234 g/mol. The Hall–Kier alpha value is -1.06. The number of nitrogens with one attached hydrogen (secondary N) is 1. The number of anilines is 1. The first-order valence-corrected chi connectivity index (χ1v) is 6.24. The lowest BCUT2D eigenvalue weighted by Gasteiger charge is -2.17. The van der Waals surface area contributed by atoms with Gasteiger partial charge in [-0.1, -0.05) is 26.0 Å². The number of ether oxygens (including phenoxy) is 1. The predicted octanol–water partition coefficient (Wildman–Crippen LogP) is 2.40. The van der Waals surface area contributed by atoms with E-state index < -0.39 is 0 Å². The fourth-order valence-electron chi connectivity index (χ4n) is 2.07. The second kappa shape index (κ2) is 5.07. The summed E-state index contributed by atoms with van der Waals surface area (Å²) < 4.78 is 5.98. The van der Waals surface area contributed by atoms with E-state index in [0.717, 1.165) is 6.54 Å². The minimum Gasteiger partial charge on any atom is -0.378 e. The van der Waals surface area contributed by atoms with Crippen LogP contribution in [0.15, 0.2) is 24.3 Å². The van der Waals surface area contributed by atoms with Gasteiger partial charge in [0, 0.05) is 26.3 Å². The maximum atomic E-state index is 5.98. The van der Waals surface area contributed by atoms with Crippen molar-refractivity contribution in [3.8, 4) is 0 Å². The second-order valence-corrected chi connectivity index (χ2v) is 5.18. The van der Waals surface area contributed by atoms with Crippen molar-refractivity contribution >= 4 is 5.69 Å². The van der Waals surface area contributed by atoms with Gasteiger partial charge in [0.05, 0.1) is 6.10 Å². The molecule has 2 rings (SSSR count). The van der Waals surface area contributed by atoms with E-state index in [4.69, 9.17) is 4.74 Å². The molecular formula is C14H22N2O. The summed E-state index contributed by atoms with van der Waals surface area (Å²) in [4.78, 5) is 2.11. The first-order valence-electron chi connectivity index (χ1n) is 6.24. The third-order valence-electron chi connectivity index (χ3n) is 3.20. The van der Waals surface area contributed by atoms with Crippen LogP contribution < -0.4 is 10.2 Å². The van der Waals surface area contributed by atoms with Crippen LogP contribution in [0.4, 0.5) is 5.69 Å². The van der Waals surface area contributed by atoms with Crippen molar-refractivity contribution < 1.29 is 4.74 Å².